The third-order valence-electron chi connectivity index (χ3n) is 3.71. The third kappa shape index (κ3) is 3.70. The molecule has 0 bridgehead atoms. The van der Waals surface area contributed by atoms with Crippen LogP contribution in [0, 0.1) is 11.8 Å². The number of hydrogen-bond acceptors (Lipinski definition) is 3. The molecule has 1 rings (SSSR count). The van der Waals surface area contributed by atoms with E-state index in [-0.39, 0.29) is 5.97 Å². The first-order valence-corrected chi connectivity index (χ1v) is 6.96. The molecular weight excluding hydrogens is 214 g/mol. The Labute approximate surface area is 105 Å². The third-order valence-corrected chi connectivity index (χ3v) is 3.71. The van der Waals surface area contributed by atoms with Crippen LogP contribution in [0.3, 0.4) is 0 Å². The number of carbonyl (C=O) groups is 1. The van der Waals surface area contributed by atoms with Crippen LogP contribution < -0.4 is 5.32 Å². The fourth-order valence-corrected chi connectivity index (χ4v) is 2.58. The van der Waals surface area contributed by atoms with E-state index in [9.17, 15) is 4.79 Å². The first-order valence-electron chi connectivity index (χ1n) is 6.96. The lowest BCUT2D eigenvalue weighted by atomic mass is 9.94. The van der Waals surface area contributed by atoms with Crippen molar-refractivity contribution < 1.29 is 9.53 Å². The van der Waals surface area contributed by atoms with Gasteiger partial charge in [0.1, 0.15) is 5.54 Å². The van der Waals surface area contributed by atoms with E-state index in [1.165, 1.54) is 0 Å². The van der Waals surface area contributed by atoms with E-state index < -0.39 is 5.54 Å². The second-order valence-electron chi connectivity index (χ2n) is 5.59. The summed E-state index contributed by atoms with van der Waals surface area (Å²) in [5.41, 5.74) is -0.402. The lowest BCUT2D eigenvalue weighted by Crippen LogP contribution is -2.52. The Morgan fingerprint density at radius 1 is 1.47 bits per heavy atom. The lowest BCUT2D eigenvalue weighted by molar-refractivity contribution is -0.151. The molecule has 2 atom stereocenters. The normalized spacial score (nSPS) is 28.6. The smallest absolute Gasteiger partial charge is 0.326 e. The van der Waals surface area contributed by atoms with Crippen molar-refractivity contribution in [3.8, 4) is 0 Å². The molecular formula is C14H27NO2. The molecule has 0 spiro atoms. The van der Waals surface area contributed by atoms with Gasteiger partial charge in [-0.15, -0.1) is 0 Å². The van der Waals surface area contributed by atoms with Crippen LogP contribution in [0.15, 0.2) is 0 Å². The highest BCUT2D eigenvalue weighted by Gasteiger charge is 2.45. The summed E-state index contributed by atoms with van der Waals surface area (Å²) in [6.45, 7) is 9.76. The lowest BCUT2D eigenvalue weighted by Gasteiger charge is -2.29. The molecule has 3 nitrogen and oxygen atoms in total. The largest absolute Gasteiger partial charge is 0.465 e. The molecule has 100 valence electrons. The van der Waals surface area contributed by atoms with Crippen LogP contribution in [0.2, 0.25) is 0 Å². The quantitative estimate of drug-likeness (QED) is 0.727. The number of ether oxygens (including phenoxy) is 1. The molecule has 3 heteroatoms. The van der Waals surface area contributed by atoms with Crippen molar-refractivity contribution in [1.82, 2.24) is 5.32 Å². The number of carbonyl (C=O) groups excluding carboxylic acids is 1. The zero-order chi connectivity index (χ0) is 12.9. The SMILES string of the molecule is CCOC(=O)C1(NCC(C)C)CCC(CC)C1. The van der Waals surface area contributed by atoms with E-state index >= 15 is 0 Å². The summed E-state index contributed by atoms with van der Waals surface area (Å²) in [7, 11) is 0. The van der Waals surface area contributed by atoms with Crippen LogP contribution in [0.1, 0.15) is 53.4 Å². The molecule has 1 saturated carbocycles. The Bertz CT molecular complexity index is 253. The number of nitrogens with one attached hydrogen (secondary N) is 1. The average molecular weight is 241 g/mol. The van der Waals surface area contributed by atoms with Crippen molar-refractivity contribution in [2.45, 2.75) is 58.9 Å². The van der Waals surface area contributed by atoms with Crippen LogP contribution in [0.25, 0.3) is 0 Å². The van der Waals surface area contributed by atoms with Crippen molar-refractivity contribution >= 4 is 5.97 Å². The van der Waals surface area contributed by atoms with Gasteiger partial charge in [-0.25, -0.2) is 0 Å². The first-order chi connectivity index (χ1) is 8.04. The monoisotopic (exact) mass is 241 g/mol. The van der Waals surface area contributed by atoms with Gasteiger partial charge in [-0.2, -0.15) is 0 Å². The van der Waals surface area contributed by atoms with Crippen LogP contribution >= 0.6 is 0 Å². The van der Waals surface area contributed by atoms with E-state index in [2.05, 4.69) is 26.1 Å². The van der Waals surface area contributed by atoms with Crippen molar-refractivity contribution in [2.24, 2.45) is 11.8 Å². The molecule has 0 aromatic carbocycles. The highest BCUT2D eigenvalue weighted by molar-refractivity contribution is 5.81. The molecule has 0 radical (unpaired) electrons. The van der Waals surface area contributed by atoms with Gasteiger partial charge < -0.3 is 10.1 Å². The predicted molar refractivity (Wildman–Crippen MR) is 69.8 cm³/mol. The fourth-order valence-electron chi connectivity index (χ4n) is 2.58. The molecule has 1 N–H and O–H groups in total. The van der Waals surface area contributed by atoms with E-state index in [1.807, 2.05) is 6.92 Å². The molecule has 1 aliphatic rings. The Morgan fingerprint density at radius 3 is 2.65 bits per heavy atom. The summed E-state index contributed by atoms with van der Waals surface area (Å²) < 4.78 is 5.25. The van der Waals surface area contributed by atoms with Crippen LogP contribution in [-0.4, -0.2) is 24.7 Å². The Balaban J connectivity index is 2.68. The van der Waals surface area contributed by atoms with Gasteiger partial charge in [0.25, 0.3) is 0 Å². The molecule has 1 fully saturated rings. The van der Waals surface area contributed by atoms with Gasteiger partial charge in [0.2, 0.25) is 0 Å². The first kappa shape index (κ1) is 14.5. The Morgan fingerprint density at radius 2 is 2.18 bits per heavy atom. The minimum absolute atomic E-state index is 0.0448. The standard InChI is InChI=1S/C14H27NO2/c1-5-12-7-8-14(9-12,13(16)17-6-2)15-10-11(3)4/h11-12,15H,5-10H2,1-4H3. The van der Waals surface area contributed by atoms with Gasteiger partial charge in [-0.05, 0) is 44.6 Å². The number of esters is 1. The molecule has 0 aromatic heterocycles. The molecule has 2 unspecified atom stereocenters. The summed E-state index contributed by atoms with van der Waals surface area (Å²) in [5, 5.41) is 3.47. The zero-order valence-electron chi connectivity index (χ0n) is 11.7. The van der Waals surface area contributed by atoms with Crippen LogP contribution in [0.5, 0.6) is 0 Å². The number of rotatable bonds is 6. The van der Waals surface area contributed by atoms with Gasteiger partial charge >= 0.3 is 5.97 Å². The molecule has 0 heterocycles. The minimum Gasteiger partial charge on any atom is -0.465 e. The van der Waals surface area contributed by atoms with E-state index in [4.69, 9.17) is 4.74 Å². The highest BCUT2D eigenvalue weighted by atomic mass is 16.5. The van der Waals surface area contributed by atoms with Gasteiger partial charge in [0.15, 0.2) is 0 Å². The molecule has 0 aromatic rings. The van der Waals surface area contributed by atoms with Crippen molar-refractivity contribution in [3.63, 3.8) is 0 Å². The second kappa shape index (κ2) is 6.39. The molecule has 0 amide bonds. The Kier molecular flexibility index (Phi) is 5.44. The highest BCUT2D eigenvalue weighted by Crippen LogP contribution is 2.37. The van der Waals surface area contributed by atoms with E-state index in [0.717, 1.165) is 32.2 Å². The minimum atomic E-state index is -0.402. The average Bonchev–Trinajstić information content (AvgIpc) is 2.72. The van der Waals surface area contributed by atoms with Gasteiger partial charge in [0.05, 0.1) is 6.61 Å². The summed E-state index contributed by atoms with van der Waals surface area (Å²) in [6, 6.07) is 0. The van der Waals surface area contributed by atoms with Crippen LogP contribution in [-0.2, 0) is 9.53 Å². The maximum absolute atomic E-state index is 12.2. The van der Waals surface area contributed by atoms with Crippen molar-refractivity contribution in [3.05, 3.63) is 0 Å². The van der Waals surface area contributed by atoms with Gasteiger partial charge in [0, 0.05) is 0 Å². The maximum atomic E-state index is 12.2. The van der Waals surface area contributed by atoms with E-state index in [1.54, 1.807) is 0 Å². The fraction of sp³-hybridized carbons (Fsp3) is 0.929. The predicted octanol–water partition coefficient (Wildman–Crippen LogP) is 2.74. The van der Waals surface area contributed by atoms with E-state index in [0.29, 0.717) is 18.4 Å². The summed E-state index contributed by atoms with van der Waals surface area (Å²) in [6.07, 6.45) is 4.16. The van der Waals surface area contributed by atoms with Crippen molar-refractivity contribution in [1.29, 1.82) is 0 Å². The molecule has 17 heavy (non-hydrogen) atoms. The molecule has 1 aliphatic carbocycles. The molecule has 0 aliphatic heterocycles. The van der Waals surface area contributed by atoms with Crippen LogP contribution in [0.4, 0.5) is 0 Å². The zero-order valence-corrected chi connectivity index (χ0v) is 11.7. The summed E-state index contributed by atoms with van der Waals surface area (Å²) in [5.74, 6) is 1.18. The van der Waals surface area contributed by atoms with Gasteiger partial charge in [-0.1, -0.05) is 27.2 Å². The van der Waals surface area contributed by atoms with Gasteiger partial charge in [-0.3, -0.25) is 4.79 Å². The summed E-state index contributed by atoms with van der Waals surface area (Å²) >= 11 is 0. The summed E-state index contributed by atoms with van der Waals surface area (Å²) in [4.78, 5) is 12.2. The molecule has 0 saturated heterocycles. The maximum Gasteiger partial charge on any atom is 0.326 e. The Hall–Kier alpha value is -0.570. The van der Waals surface area contributed by atoms with Crippen molar-refractivity contribution in [2.75, 3.05) is 13.2 Å². The topological polar surface area (TPSA) is 38.3 Å². The number of hydrogen-bond donors (Lipinski definition) is 1. The second-order valence-corrected chi connectivity index (χ2v) is 5.59.